The van der Waals surface area contributed by atoms with Gasteiger partial charge in [0.15, 0.2) is 0 Å². The predicted octanol–water partition coefficient (Wildman–Crippen LogP) is 2.73. The average Bonchev–Trinajstić information content (AvgIpc) is 2.62. The number of halogens is 1. The Bertz CT molecular complexity index is 699. The van der Waals surface area contributed by atoms with Gasteiger partial charge in [-0.25, -0.2) is 9.97 Å². The zero-order valence-corrected chi connectivity index (χ0v) is 14.5. The molecule has 5 nitrogen and oxygen atoms in total. The highest BCUT2D eigenvalue weighted by atomic mass is 35.5. The first-order valence-corrected chi connectivity index (χ1v) is 8.70. The number of nitrogens with zero attached hydrogens (tertiary/aromatic N) is 4. The van der Waals surface area contributed by atoms with Crippen molar-refractivity contribution in [1.82, 2.24) is 14.9 Å². The van der Waals surface area contributed by atoms with Crippen molar-refractivity contribution in [2.75, 3.05) is 37.0 Å². The van der Waals surface area contributed by atoms with Gasteiger partial charge < -0.3 is 9.80 Å². The van der Waals surface area contributed by atoms with Gasteiger partial charge in [0.25, 0.3) is 0 Å². The number of alkyl halides is 1. The molecule has 0 radical (unpaired) electrons. The van der Waals surface area contributed by atoms with Crippen molar-refractivity contribution in [1.29, 1.82) is 0 Å². The third kappa shape index (κ3) is 3.85. The summed E-state index contributed by atoms with van der Waals surface area (Å²) in [5.41, 5.74) is 2.01. The molecule has 0 bridgehead atoms. The highest BCUT2D eigenvalue weighted by Crippen LogP contribution is 2.22. The van der Waals surface area contributed by atoms with Crippen LogP contribution in [0.15, 0.2) is 36.4 Å². The van der Waals surface area contributed by atoms with Gasteiger partial charge >= 0.3 is 0 Å². The number of piperazine rings is 1. The molecule has 126 valence electrons. The Morgan fingerprint density at radius 3 is 2.50 bits per heavy atom. The standard InChI is InChI=1S/C18H21ClN4O/c1-14-20-16(15-5-3-2-4-6-15)13-17(21-14)22-9-11-23(12-10-22)18(24)7-8-19/h2-6,13H,7-12H2,1H3. The zero-order valence-electron chi connectivity index (χ0n) is 13.8. The molecule has 24 heavy (non-hydrogen) atoms. The Morgan fingerprint density at radius 2 is 1.83 bits per heavy atom. The molecule has 0 atom stereocenters. The van der Waals surface area contributed by atoms with Crippen molar-refractivity contribution in [3.8, 4) is 11.3 Å². The summed E-state index contributed by atoms with van der Waals surface area (Å²) in [6.07, 6.45) is 0.409. The minimum absolute atomic E-state index is 0.133. The number of aromatic nitrogens is 2. The van der Waals surface area contributed by atoms with E-state index >= 15 is 0 Å². The van der Waals surface area contributed by atoms with E-state index in [4.69, 9.17) is 11.6 Å². The lowest BCUT2D eigenvalue weighted by atomic mass is 10.1. The summed E-state index contributed by atoms with van der Waals surface area (Å²) < 4.78 is 0. The molecule has 1 saturated heterocycles. The fraction of sp³-hybridized carbons (Fsp3) is 0.389. The van der Waals surface area contributed by atoms with Crippen molar-refractivity contribution in [2.24, 2.45) is 0 Å². The number of hydrogen-bond donors (Lipinski definition) is 0. The van der Waals surface area contributed by atoms with Crippen molar-refractivity contribution in [3.05, 3.63) is 42.2 Å². The minimum Gasteiger partial charge on any atom is -0.353 e. The summed E-state index contributed by atoms with van der Waals surface area (Å²) in [4.78, 5) is 25.2. The quantitative estimate of drug-likeness (QED) is 0.800. The summed E-state index contributed by atoms with van der Waals surface area (Å²) >= 11 is 5.66. The van der Waals surface area contributed by atoms with Gasteiger partial charge in [-0.2, -0.15) is 0 Å². The molecule has 0 spiro atoms. The van der Waals surface area contributed by atoms with Gasteiger partial charge in [0, 0.05) is 50.1 Å². The number of carbonyl (C=O) groups excluding carboxylic acids is 1. The van der Waals surface area contributed by atoms with Gasteiger partial charge in [-0.1, -0.05) is 30.3 Å². The Labute approximate surface area is 147 Å². The monoisotopic (exact) mass is 344 g/mol. The van der Waals surface area contributed by atoms with Crippen molar-refractivity contribution < 1.29 is 4.79 Å². The van der Waals surface area contributed by atoms with Crippen LogP contribution in [-0.2, 0) is 4.79 Å². The highest BCUT2D eigenvalue weighted by Gasteiger charge is 2.22. The van der Waals surface area contributed by atoms with Crippen LogP contribution >= 0.6 is 11.6 Å². The first-order chi connectivity index (χ1) is 11.7. The normalized spacial score (nSPS) is 14.8. The Hall–Kier alpha value is -2.14. The number of aryl methyl sites for hydroxylation is 1. The number of carbonyl (C=O) groups is 1. The van der Waals surface area contributed by atoms with Crippen LogP contribution in [0, 0.1) is 6.92 Å². The molecule has 2 aromatic rings. The van der Waals surface area contributed by atoms with E-state index in [2.05, 4.69) is 14.9 Å². The van der Waals surface area contributed by atoms with Gasteiger partial charge in [0.1, 0.15) is 11.6 Å². The largest absolute Gasteiger partial charge is 0.353 e. The molecule has 1 aliphatic heterocycles. The Balaban J connectivity index is 1.74. The van der Waals surface area contributed by atoms with E-state index in [1.54, 1.807) is 0 Å². The SMILES string of the molecule is Cc1nc(-c2ccccc2)cc(N2CCN(C(=O)CCCl)CC2)n1. The zero-order chi connectivity index (χ0) is 16.9. The molecule has 0 saturated carbocycles. The summed E-state index contributed by atoms with van der Waals surface area (Å²) in [5.74, 6) is 2.19. The second-order valence-corrected chi connectivity index (χ2v) is 6.21. The van der Waals surface area contributed by atoms with Gasteiger partial charge in [0.05, 0.1) is 5.69 Å². The number of hydrogen-bond acceptors (Lipinski definition) is 4. The fourth-order valence-electron chi connectivity index (χ4n) is 2.89. The lowest BCUT2D eigenvalue weighted by molar-refractivity contribution is -0.131. The van der Waals surface area contributed by atoms with Gasteiger partial charge in [-0.05, 0) is 6.92 Å². The van der Waals surface area contributed by atoms with E-state index in [-0.39, 0.29) is 5.91 Å². The number of amides is 1. The third-order valence-electron chi connectivity index (χ3n) is 4.16. The smallest absolute Gasteiger partial charge is 0.223 e. The minimum atomic E-state index is 0.133. The predicted molar refractivity (Wildman–Crippen MR) is 96.3 cm³/mol. The van der Waals surface area contributed by atoms with E-state index < -0.39 is 0 Å². The van der Waals surface area contributed by atoms with Crippen LogP contribution in [-0.4, -0.2) is 52.8 Å². The maximum absolute atomic E-state index is 11.9. The molecule has 1 aliphatic rings. The van der Waals surface area contributed by atoms with Crippen LogP contribution in [0.25, 0.3) is 11.3 Å². The van der Waals surface area contributed by atoms with Gasteiger partial charge in [-0.3, -0.25) is 4.79 Å². The molecule has 6 heteroatoms. The third-order valence-corrected chi connectivity index (χ3v) is 4.35. The van der Waals surface area contributed by atoms with E-state index in [1.165, 1.54) is 0 Å². The maximum atomic E-state index is 11.9. The molecule has 0 aliphatic carbocycles. The average molecular weight is 345 g/mol. The van der Waals surface area contributed by atoms with Gasteiger partial charge in [-0.15, -0.1) is 11.6 Å². The van der Waals surface area contributed by atoms with E-state index in [0.717, 1.165) is 36.0 Å². The molecule has 1 amide bonds. The topological polar surface area (TPSA) is 49.3 Å². The summed E-state index contributed by atoms with van der Waals surface area (Å²) in [5, 5.41) is 0. The molecule has 3 rings (SSSR count). The summed E-state index contributed by atoms with van der Waals surface area (Å²) in [7, 11) is 0. The van der Waals surface area contributed by atoms with Crippen molar-refractivity contribution in [2.45, 2.75) is 13.3 Å². The van der Waals surface area contributed by atoms with E-state index in [1.807, 2.05) is 48.2 Å². The maximum Gasteiger partial charge on any atom is 0.223 e. The van der Waals surface area contributed by atoms with Gasteiger partial charge in [0.2, 0.25) is 5.91 Å². The molecular weight excluding hydrogens is 324 g/mol. The van der Waals surface area contributed by atoms with E-state index in [0.29, 0.717) is 25.4 Å². The summed E-state index contributed by atoms with van der Waals surface area (Å²) in [6, 6.07) is 12.1. The Kier molecular flexibility index (Phi) is 5.30. The first kappa shape index (κ1) is 16.7. The molecule has 0 unspecified atom stereocenters. The first-order valence-electron chi connectivity index (χ1n) is 8.17. The Morgan fingerprint density at radius 1 is 1.12 bits per heavy atom. The number of benzene rings is 1. The molecule has 2 heterocycles. The van der Waals surface area contributed by atoms with Crippen LogP contribution in [0.4, 0.5) is 5.82 Å². The molecule has 1 aromatic carbocycles. The fourth-order valence-corrected chi connectivity index (χ4v) is 3.06. The molecule has 1 fully saturated rings. The van der Waals surface area contributed by atoms with E-state index in [9.17, 15) is 4.79 Å². The molecule has 0 N–H and O–H groups in total. The second kappa shape index (κ2) is 7.62. The van der Waals surface area contributed by atoms with Crippen molar-refractivity contribution >= 4 is 23.3 Å². The second-order valence-electron chi connectivity index (χ2n) is 5.83. The number of anilines is 1. The van der Waals surface area contributed by atoms with Crippen molar-refractivity contribution in [3.63, 3.8) is 0 Å². The molecule has 1 aromatic heterocycles. The van der Waals surface area contributed by atoms with Crippen LogP contribution in [0.1, 0.15) is 12.2 Å². The highest BCUT2D eigenvalue weighted by molar-refractivity contribution is 6.18. The lowest BCUT2D eigenvalue weighted by Gasteiger charge is -2.35. The van der Waals surface area contributed by atoms with Crippen LogP contribution in [0.2, 0.25) is 0 Å². The van der Waals surface area contributed by atoms with Crippen LogP contribution in [0.5, 0.6) is 0 Å². The van der Waals surface area contributed by atoms with Crippen LogP contribution in [0.3, 0.4) is 0 Å². The van der Waals surface area contributed by atoms with Crippen LogP contribution < -0.4 is 4.90 Å². The number of rotatable bonds is 4. The summed E-state index contributed by atoms with van der Waals surface area (Å²) in [6.45, 7) is 4.88. The lowest BCUT2D eigenvalue weighted by Crippen LogP contribution is -2.49. The molecular formula is C18H21ClN4O.